The van der Waals surface area contributed by atoms with Crippen LogP contribution in [0.2, 0.25) is 0 Å². The number of carbonyl (C=O) groups is 1. The molecule has 1 fully saturated rings. The van der Waals surface area contributed by atoms with Gasteiger partial charge in [0, 0.05) is 18.9 Å². The molecule has 2 heterocycles. The van der Waals surface area contributed by atoms with Gasteiger partial charge in [-0.15, -0.1) is 0 Å². The predicted octanol–water partition coefficient (Wildman–Crippen LogP) is 3.46. The highest BCUT2D eigenvalue weighted by Crippen LogP contribution is 2.33. The van der Waals surface area contributed by atoms with Gasteiger partial charge in [0.15, 0.2) is 0 Å². The Labute approximate surface area is 130 Å². The summed E-state index contributed by atoms with van der Waals surface area (Å²) in [5.41, 5.74) is 1.82. The molecule has 22 heavy (non-hydrogen) atoms. The highest BCUT2D eigenvalue weighted by molar-refractivity contribution is 5.94. The summed E-state index contributed by atoms with van der Waals surface area (Å²) in [5.74, 6) is 0.930. The number of hydrogen-bond donors (Lipinski definition) is 0. The molecule has 1 aromatic carbocycles. The van der Waals surface area contributed by atoms with Crippen LogP contribution < -0.4 is 4.74 Å². The molecule has 1 unspecified atom stereocenters. The van der Waals surface area contributed by atoms with E-state index in [-0.39, 0.29) is 11.9 Å². The van der Waals surface area contributed by atoms with Gasteiger partial charge in [-0.3, -0.25) is 9.78 Å². The molecule has 0 bridgehead atoms. The van der Waals surface area contributed by atoms with Crippen LogP contribution in [-0.4, -0.2) is 28.9 Å². The molecule has 1 aliphatic rings. The average Bonchev–Trinajstić information content (AvgIpc) is 3.05. The molecule has 0 aliphatic carbocycles. The zero-order chi connectivity index (χ0) is 15.4. The molecule has 1 saturated heterocycles. The van der Waals surface area contributed by atoms with Gasteiger partial charge in [0.1, 0.15) is 5.75 Å². The van der Waals surface area contributed by atoms with Gasteiger partial charge in [-0.2, -0.15) is 0 Å². The maximum absolute atomic E-state index is 12.7. The Morgan fingerprint density at radius 2 is 2.14 bits per heavy atom. The maximum atomic E-state index is 12.7. The highest BCUT2D eigenvalue weighted by atomic mass is 16.5. The molecule has 0 saturated carbocycles. The third kappa shape index (κ3) is 2.96. The van der Waals surface area contributed by atoms with E-state index in [0.29, 0.717) is 12.2 Å². The summed E-state index contributed by atoms with van der Waals surface area (Å²) in [5, 5.41) is 0. The van der Waals surface area contributed by atoms with Crippen LogP contribution in [0.1, 0.15) is 41.7 Å². The zero-order valence-electron chi connectivity index (χ0n) is 12.7. The van der Waals surface area contributed by atoms with E-state index in [1.807, 2.05) is 30.0 Å². The summed E-state index contributed by atoms with van der Waals surface area (Å²) in [7, 11) is 0. The highest BCUT2D eigenvalue weighted by Gasteiger charge is 2.30. The fourth-order valence-corrected chi connectivity index (χ4v) is 2.96. The molecule has 4 heteroatoms. The van der Waals surface area contributed by atoms with Crippen molar-refractivity contribution in [2.24, 2.45) is 0 Å². The van der Waals surface area contributed by atoms with Gasteiger partial charge < -0.3 is 9.64 Å². The molecule has 2 aromatic rings. The molecule has 0 radical (unpaired) electrons. The summed E-state index contributed by atoms with van der Waals surface area (Å²) >= 11 is 0. The van der Waals surface area contributed by atoms with Crippen molar-refractivity contribution in [1.82, 2.24) is 9.88 Å². The van der Waals surface area contributed by atoms with Crippen molar-refractivity contribution in [2.45, 2.75) is 25.8 Å². The van der Waals surface area contributed by atoms with Crippen LogP contribution in [0.4, 0.5) is 0 Å². The van der Waals surface area contributed by atoms with Gasteiger partial charge in [0.25, 0.3) is 5.91 Å². The van der Waals surface area contributed by atoms with Gasteiger partial charge in [-0.1, -0.05) is 12.1 Å². The smallest absolute Gasteiger partial charge is 0.255 e. The number of hydrogen-bond acceptors (Lipinski definition) is 3. The Morgan fingerprint density at radius 1 is 1.32 bits per heavy atom. The normalized spacial score (nSPS) is 17.5. The molecule has 1 aliphatic heterocycles. The Hall–Kier alpha value is -2.36. The summed E-state index contributed by atoms with van der Waals surface area (Å²) in [6.45, 7) is 3.43. The predicted molar refractivity (Wildman–Crippen MR) is 84.9 cm³/mol. The second-order valence-electron chi connectivity index (χ2n) is 5.40. The van der Waals surface area contributed by atoms with Crippen molar-refractivity contribution in [3.63, 3.8) is 0 Å². The number of amides is 1. The lowest BCUT2D eigenvalue weighted by Crippen LogP contribution is -2.30. The topological polar surface area (TPSA) is 42.4 Å². The minimum Gasteiger partial charge on any atom is -0.494 e. The number of nitrogens with zero attached hydrogens (tertiary/aromatic N) is 2. The van der Waals surface area contributed by atoms with Crippen LogP contribution in [-0.2, 0) is 0 Å². The maximum Gasteiger partial charge on any atom is 0.255 e. The first-order valence-electron chi connectivity index (χ1n) is 7.73. The second kappa shape index (κ2) is 6.60. The SMILES string of the molecule is CCOc1ccc(C2CCCN2C(=O)c2cccnc2)cc1. The Kier molecular flexibility index (Phi) is 4.37. The largest absolute Gasteiger partial charge is 0.494 e. The molecule has 1 atom stereocenters. The first kappa shape index (κ1) is 14.6. The van der Waals surface area contributed by atoms with Crippen molar-refractivity contribution in [2.75, 3.05) is 13.2 Å². The van der Waals surface area contributed by atoms with Gasteiger partial charge in [0.05, 0.1) is 18.2 Å². The Balaban J connectivity index is 1.79. The number of rotatable bonds is 4. The molecule has 0 N–H and O–H groups in total. The molecular weight excluding hydrogens is 276 g/mol. The lowest BCUT2D eigenvalue weighted by atomic mass is 10.0. The molecule has 0 spiro atoms. The number of aromatic nitrogens is 1. The van der Waals surface area contributed by atoms with E-state index in [0.717, 1.165) is 30.7 Å². The number of pyridine rings is 1. The van der Waals surface area contributed by atoms with Crippen molar-refractivity contribution < 1.29 is 9.53 Å². The number of likely N-dealkylation sites (tertiary alicyclic amines) is 1. The standard InChI is InChI=1S/C18H20N2O2/c1-2-22-16-9-7-14(8-10-16)17-6-4-12-20(17)18(21)15-5-3-11-19-13-15/h3,5,7-11,13,17H,2,4,6,12H2,1H3. The average molecular weight is 296 g/mol. The quantitative estimate of drug-likeness (QED) is 0.867. The van der Waals surface area contributed by atoms with E-state index >= 15 is 0 Å². The summed E-state index contributed by atoms with van der Waals surface area (Å²) in [6, 6.07) is 11.8. The van der Waals surface area contributed by atoms with Crippen LogP contribution >= 0.6 is 0 Å². The van der Waals surface area contributed by atoms with E-state index in [2.05, 4.69) is 17.1 Å². The molecule has 1 amide bonds. The summed E-state index contributed by atoms with van der Waals surface area (Å²) in [4.78, 5) is 18.7. The third-order valence-electron chi connectivity index (χ3n) is 4.00. The van der Waals surface area contributed by atoms with Crippen molar-refractivity contribution >= 4 is 5.91 Å². The van der Waals surface area contributed by atoms with E-state index in [1.165, 1.54) is 0 Å². The molecular formula is C18H20N2O2. The van der Waals surface area contributed by atoms with Gasteiger partial charge in [-0.05, 0) is 49.6 Å². The van der Waals surface area contributed by atoms with Crippen LogP contribution in [0.15, 0.2) is 48.8 Å². The second-order valence-corrected chi connectivity index (χ2v) is 5.40. The minimum absolute atomic E-state index is 0.0597. The molecule has 114 valence electrons. The van der Waals surface area contributed by atoms with Crippen LogP contribution in [0, 0.1) is 0 Å². The number of carbonyl (C=O) groups excluding carboxylic acids is 1. The summed E-state index contributed by atoms with van der Waals surface area (Å²) < 4.78 is 5.48. The van der Waals surface area contributed by atoms with Gasteiger partial charge >= 0.3 is 0 Å². The number of benzene rings is 1. The van der Waals surface area contributed by atoms with Crippen molar-refractivity contribution in [1.29, 1.82) is 0 Å². The van der Waals surface area contributed by atoms with Crippen LogP contribution in [0.25, 0.3) is 0 Å². The van der Waals surface area contributed by atoms with Gasteiger partial charge in [0.2, 0.25) is 0 Å². The fourth-order valence-electron chi connectivity index (χ4n) is 2.96. The van der Waals surface area contributed by atoms with Crippen molar-refractivity contribution in [3.8, 4) is 5.75 Å². The Morgan fingerprint density at radius 3 is 2.82 bits per heavy atom. The van der Waals surface area contributed by atoms with Crippen molar-refractivity contribution in [3.05, 3.63) is 59.9 Å². The van der Waals surface area contributed by atoms with Crippen LogP contribution in [0.5, 0.6) is 5.75 Å². The minimum atomic E-state index is 0.0597. The van der Waals surface area contributed by atoms with E-state index in [9.17, 15) is 4.79 Å². The monoisotopic (exact) mass is 296 g/mol. The van der Waals surface area contributed by atoms with E-state index < -0.39 is 0 Å². The number of ether oxygens (including phenoxy) is 1. The lowest BCUT2D eigenvalue weighted by molar-refractivity contribution is 0.0735. The molecule has 4 nitrogen and oxygen atoms in total. The first-order valence-corrected chi connectivity index (χ1v) is 7.73. The van der Waals surface area contributed by atoms with Gasteiger partial charge in [-0.25, -0.2) is 0 Å². The summed E-state index contributed by atoms with van der Waals surface area (Å²) in [6.07, 6.45) is 5.35. The van der Waals surface area contributed by atoms with E-state index in [1.54, 1.807) is 18.5 Å². The fraction of sp³-hybridized carbons (Fsp3) is 0.333. The first-order chi connectivity index (χ1) is 10.8. The Bertz CT molecular complexity index is 625. The molecule has 1 aromatic heterocycles. The molecule has 3 rings (SSSR count). The third-order valence-corrected chi connectivity index (χ3v) is 4.00. The van der Waals surface area contributed by atoms with Crippen LogP contribution in [0.3, 0.4) is 0 Å². The lowest BCUT2D eigenvalue weighted by Gasteiger charge is -2.25. The van der Waals surface area contributed by atoms with E-state index in [4.69, 9.17) is 4.74 Å². The zero-order valence-corrected chi connectivity index (χ0v) is 12.7.